The fourth-order valence-electron chi connectivity index (χ4n) is 3.40. The third kappa shape index (κ3) is 2.96. The predicted octanol–water partition coefficient (Wildman–Crippen LogP) is 3.29. The highest BCUT2D eigenvalue weighted by Crippen LogP contribution is 2.24. The second-order valence-electron chi connectivity index (χ2n) is 6.51. The summed E-state index contributed by atoms with van der Waals surface area (Å²) in [5.41, 5.74) is 4.92. The van der Waals surface area contributed by atoms with Gasteiger partial charge < -0.3 is 9.64 Å². The summed E-state index contributed by atoms with van der Waals surface area (Å²) in [5, 5.41) is 4.52. The zero-order valence-corrected chi connectivity index (χ0v) is 15.0. The Hall–Kier alpha value is -3.08. The highest BCUT2D eigenvalue weighted by molar-refractivity contribution is 5.94. The lowest BCUT2D eigenvalue weighted by atomic mass is 10.00. The van der Waals surface area contributed by atoms with Crippen LogP contribution in [0.4, 0.5) is 0 Å². The Morgan fingerprint density at radius 2 is 1.81 bits per heavy atom. The fraction of sp³-hybridized carbons (Fsp3) is 0.238. The van der Waals surface area contributed by atoms with Crippen LogP contribution in [0.2, 0.25) is 0 Å². The Morgan fingerprint density at radius 3 is 2.54 bits per heavy atom. The minimum absolute atomic E-state index is 0.0225. The summed E-state index contributed by atoms with van der Waals surface area (Å²) in [4.78, 5) is 14.9. The topological polar surface area (TPSA) is 47.4 Å². The minimum Gasteiger partial charge on any atom is -0.497 e. The van der Waals surface area contributed by atoms with Crippen molar-refractivity contribution in [1.82, 2.24) is 14.7 Å². The summed E-state index contributed by atoms with van der Waals surface area (Å²) in [6.45, 7) is 1.39. The van der Waals surface area contributed by atoms with Gasteiger partial charge in [-0.3, -0.25) is 9.48 Å². The van der Waals surface area contributed by atoms with Crippen LogP contribution in [-0.2, 0) is 20.0 Å². The molecular formula is C21H21N3O2. The second kappa shape index (κ2) is 6.67. The minimum atomic E-state index is 0.0225. The lowest BCUT2D eigenvalue weighted by molar-refractivity contribution is 0.0723. The summed E-state index contributed by atoms with van der Waals surface area (Å²) in [5.74, 6) is 0.822. The first-order chi connectivity index (χ1) is 12.7. The first-order valence-corrected chi connectivity index (χ1v) is 8.70. The predicted molar refractivity (Wildman–Crippen MR) is 100 cm³/mol. The molecule has 132 valence electrons. The Labute approximate surface area is 152 Å². The van der Waals surface area contributed by atoms with E-state index in [1.165, 1.54) is 11.1 Å². The zero-order chi connectivity index (χ0) is 18.1. The molecule has 0 unspecified atom stereocenters. The number of benzene rings is 2. The molecule has 0 N–H and O–H groups in total. The molecule has 1 aromatic heterocycles. The molecule has 1 aliphatic heterocycles. The molecule has 0 radical (unpaired) electrons. The normalized spacial score (nSPS) is 13.4. The van der Waals surface area contributed by atoms with Crippen molar-refractivity contribution in [2.75, 3.05) is 13.7 Å². The number of nitrogens with zero attached hydrogens (tertiary/aromatic N) is 3. The van der Waals surface area contributed by atoms with E-state index in [9.17, 15) is 4.79 Å². The van der Waals surface area contributed by atoms with Crippen LogP contribution in [0.15, 0.2) is 54.6 Å². The second-order valence-corrected chi connectivity index (χ2v) is 6.51. The number of aromatic nitrogens is 2. The standard InChI is InChI=1S/C21H21N3O2/c1-23-20(13-19(22-23)16-7-9-18(26-2)10-8-16)21(25)24-12-11-15-5-3-4-6-17(15)14-24/h3-10,13H,11-12,14H2,1-2H3. The average molecular weight is 347 g/mol. The van der Waals surface area contributed by atoms with Gasteiger partial charge in [0.25, 0.3) is 5.91 Å². The van der Waals surface area contributed by atoms with Gasteiger partial charge in [0, 0.05) is 25.7 Å². The molecule has 0 bridgehead atoms. The maximum atomic E-state index is 13.0. The van der Waals surface area contributed by atoms with Gasteiger partial charge in [0.05, 0.1) is 12.8 Å². The number of amides is 1. The van der Waals surface area contributed by atoms with Crippen LogP contribution in [0.1, 0.15) is 21.6 Å². The van der Waals surface area contributed by atoms with E-state index < -0.39 is 0 Å². The molecule has 0 aliphatic carbocycles. The molecule has 4 rings (SSSR count). The molecule has 0 fully saturated rings. The summed E-state index contributed by atoms with van der Waals surface area (Å²) in [6, 6.07) is 17.9. The van der Waals surface area contributed by atoms with Crippen molar-refractivity contribution in [1.29, 1.82) is 0 Å². The first kappa shape index (κ1) is 16.4. The van der Waals surface area contributed by atoms with Crippen molar-refractivity contribution in [3.63, 3.8) is 0 Å². The SMILES string of the molecule is COc1ccc(-c2cc(C(=O)N3CCc4ccccc4C3)n(C)n2)cc1. The summed E-state index contributed by atoms with van der Waals surface area (Å²) < 4.78 is 6.86. The van der Waals surface area contributed by atoms with Crippen molar-refractivity contribution in [3.8, 4) is 17.0 Å². The Kier molecular flexibility index (Phi) is 4.21. The van der Waals surface area contributed by atoms with Crippen molar-refractivity contribution in [2.24, 2.45) is 7.05 Å². The summed E-state index contributed by atoms with van der Waals surface area (Å²) >= 11 is 0. The van der Waals surface area contributed by atoms with E-state index in [4.69, 9.17) is 4.74 Å². The maximum absolute atomic E-state index is 13.0. The van der Waals surface area contributed by atoms with Gasteiger partial charge in [-0.2, -0.15) is 5.10 Å². The van der Waals surface area contributed by atoms with E-state index >= 15 is 0 Å². The molecule has 5 heteroatoms. The number of carbonyl (C=O) groups is 1. The number of carbonyl (C=O) groups excluding carboxylic acids is 1. The van der Waals surface area contributed by atoms with Gasteiger partial charge in [-0.25, -0.2) is 0 Å². The number of methoxy groups -OCH3 is 1. The molecule has 1 aliphatic rings. The third-order valence-corrected chi connectivity index (χ3v) is 4.90. The van der Waals surface area contributed by atoms with Crippen molar-refractivity contribution in [3.05, 3.63) is 71.4 Å². The highest BCUT2D eigenvalue weighted by atomic mass is 16.5. The molecule has 26 heavy (non-hydrogen) atoms. The van der Waals surface area contributed by atoms with E-state index in [0.717, 1.165) is 30.0 Å². The summed E-state index contributed by atoms with van der Waals surface area (Å²) in [7, 11) is 3.46. The number of ether oxygens (including phenoxy) is 1. The van der Waals surface area contributed by atoms with E-state index in [1.54, 1.807) is 11.8 Å². The number of hydrogen-bond donors (Lipinski definition) is 0. The van der Waals surface area contributed by atoms with Crippen LogP contribution in [0.3, 0.4) is 0 Å². The van der Waals surface area contributed by atoms with Gasteiger partial charge >= 0.3 is 0 Å². The van der Waals surface area contributed by atoms with Crippen LogP contribution >= 0.6 is 0 Å². The molecule has 0 saturated heterocycles. The van der Waals surface area contributed by atoms with Crippen molar-refractivity contribution in [2.45, 2.75) is 13.0 Å². The number of aryl methyl sites for hydroxylation is 1. The molecule has 2 heterocycles. The van der Waals surface area contributed by atoms with Crippen LogP contribution in [0.25, 0.3) is 11.3 Å². The van der Waals surface area contributed by atoms with Crippen LogP contribution in [-0.4, -0.2) is 34.2 Å². The van der Waals surface area contributed by atoms with E-state index in [-0.39, 0.29) is 5.91 Å². The van der Waals surface area contributed by atoms with E-state index in [1.807, 2.05) is 48.3 Å². The molecular weight excluding hydrogens is 326 g/mol. The van der Waals surface area contributed by atoms with Gasteiger partial charge in [0.2, 0.25) is 0 Å². The Balaban J connectivity index is 1.58. The smallest absolute Gasteiger partial charge is 0.272 e. The molecule has 3 aromatic rings. The van der Waals surface area contributed by atoms with Gasteiger partial charge in [-0.1, -0.05) is 24.3 Å². The van der Waals surface area contributed by atoms with Gasteiger partial charge in [0.1, 0.15) is 11.4 Å². The molecule has 0 saturated carbocycles. The van der Waals surface area contributed by atoms with Crippen LogP contribution in [0, 0.1) is 0 Å². The molecule has 0 spiro atoms. The van der Waals surface area contributed by atoms with Gasteiger partial charge in [-0.15, -0.1) is 0 Å². The average Bonchev–Trinajstić information content (AvgIpc) is 3.08. The largest absolute Gasteiger partial charge is 0.497 e. The first-order valence-electron chi connectivity index (χ1n) is 8.70. The fourth-order valence-corrected chi connectivity index (χ4v) is 3.40. The monoisotopic (exact) mass is 347 g/mol. The summed E-state index contributed by atoms with van der Waals surface area (Å²) in [6.07, 6.45) is 0.894. The Bertz CT molecular complexity index is 944. The lowest BCUT2D eigenvalue weighted by Crippen LogP contribution is -2.36. The highest BCUT2D eigenvalue weighted by Gasteiger charge is 2.24. The molecule has 2 aromatic carbocycles. The van der Waals surface area contributed by atoms with Gasteiger partial charge in [0.15, 0.2) is 0 Å². The molecule has 5 nitrogen and oxygen atoms in total. The Morgan fingerprint density at radius 1 is 1.08 bits per heavy atom. The molecule has 0 atom stereocenters. The zero-order valence-electron chi connectivity index (χ0n) is 15.0. The van der Waals surface area contributed by atoms with Crippen molar-refractivity contribution < 1.29 is 9.53 Å². The lowest BCUT2D eigenvalue weighted by Gasteiger charge is -2.28. The van der Waals surface area contributed by atoms with Crippen molar-refractivity contribution >= 4 is 5.91 Å². The number of rotatable bonds is 3. The number of fused-ring (bicyclic) bond motifs is 1. The van der Waals surface area contributed by atoms with Gasteiger partial charge in [-0.05, 0) is 47.9 Å². The molecule has 1 amide bonds. The van der Waals surface area contributed by atoms with Crippen LogP contribution < -0.4 is 4.74 Å². The van der Waals surface area contributed by atoms with E-state index in [2.05, 4.69) is 23.3 Å². The van der Waals surface area contributed by atoms with Crippen LogP contribution in [0.5, 0.6) is 5.75 Å². The number of hydrogen-bond acceptors (Lipinski definition) is 3. The van der Waals surface area contributed by atoms with E-state index in [0.29, 0.717) is 12.2 Å². The maximum Gasteiger partial charge on any atom is 0.272 e. The third-order valence-electron chi connectivity index (χ3n) is 4.90. The quantitative estimate of drug-likeness (QED) is 0.730.